The number of nitrogens with one attached hydrogen (secondary N) is 1. The van der Waals surface area contributed by atoms with Gasteiger partial charge in [-0.3, -0.25) is 14.5 Å². The normalized spacial score (nSPS) is 12.6. The zero-order valence-corrected chi connectivity index (χ0v) is 11.9. The third-order valence-corrected chi connectivity index (χ3v) is 3.40. The first-order valence-electron chi connectivity index (χ1n) is 6.97. The number of carbonyl (C=O) groups is 2. The molecule has 2 amide bonds. The van der Waals surface area contributed by atoms with Crippen LogP contribution in [0.1, 0.15) is 20.7 Å². The first-order valence-corrected chi connectivity index (χ1v) is 6.97. The Morgan fingerprint density at radius 3 is 2.05 bits per heavy atom. The van der Waals surface area contributed by atoms with Crippen molar-refractivity contribution in [3.8, 4) is 11.8 Å². The van der Waals surface area contributed by atoms with Crippen LogP contribution in [0, 0.1) is 11.8 Å². The third kappa shape index (κ3) is 2.70. The van der Waals surface area contributed by atoms with E-state index < -0.39 is 0 Å². The summed E-state index contributed by atoms with van der Waals surface area (Å²) in [5.74, 6) is 5.24. The van der Waals surface area contributed by atoms with E-state index in [2.05, 4.69) is 17.2 Å². The Morgan fingerprint density at radius 2 is 1.41 bits per heavy atom. The highest BCUT2D eigenvalue weighted by Gasteiger charge is 2.34. The molecule has 4 heteroatoms. The molecule has 108 valence electrons. The highest BCUT2D eigenvalue weighted by atomic mass is 16.2. The highest BCUT2D eigenvalue weighted by Crippen LogP contribution is 2.21. The SMILES string of the molecule is O=C1c2ccccc2C(=O)N1CC#CCNc1ccccc1. The van der Waals surface area contributed by atoms with E-state index in [0.29, 0.717) is 17.7 Å². The molecule has 2 aromatic carbocycles. The van der Waals surface area contributed by atoms with E-state index in [1.54, 1.807) is 24.3 Å². The Kier molecular flexibility index (Phi) is 3.88. The predicted molar refractivity (Wildman–Crippen MR) is 84.5 cm³/mol. The molecule has 0 aliphatic carbocycles. The zero-order chi connectivity index (χ0) is 15.4. The monoisotopic (exact) mass is 290 g/mol. The molecule has 0 aromatic heterocycles. The van der Waals surface area contributed by atoms with Gasteiger partial charge in [0.2, 0.25) is 0 Å². The van der Waals surface area contributed by atoms with Crippen molar-refractivity contribution in [2.75, 3.05) is 18.4 Å². The quantitative estimate of drug-likeness (QED) is 0.697. The number of fused-ring (bicyclic) bond motifs is 1. The second kappa shape index (κ2) is 6.15. The lowest BCUT2D eigenvalue weighted by molar-refractivity contribution is 0.0675. The number of benzene rings is 2. The maximum Gasteiger partial charge on any atom is 0.262 e. The molecule has 0 fully saturated rings. The van der Waals surface area contributed by atoms with E-state index in [1.165, 1.54) is 4.90 Å². The molecule has 0 saturated heterocycles. The summed E-state index contributed by atoms with van der Waals surface area (Å²) in [5, 5.41) is 3.15. The smallest absolute Gasteiger partial charge is 0.262 e. The van der Waals surface area contributed by atoms with Crippen LogP contribution in [0.2, 0.25) is 0 Å². The molecule has 0 spiro atoms. The number of hydrogen-bond donors (Lipinski definition) is 1. The van der Waals surface area contributed by atoms with Gasteiger partial charge < -0.3 is 5.32 Å². The number of hydrogen-bond acceptors (Lipinski definition) is 3. The van der Waals surface area contributed by atoms with E-state index in [1.807, 2.05) is 30.3 Å². The summed E-state index contributed by atoms with van der Waals surface area (Å²) in [6, 6.07) is 16.6. The van der Waals surface area contributed by atoms with Gasteiger partial charge in [0.1, 0.15) is 0 Å². The number of imide groups is 1. The topological polar surface area (TPSA) is 49.4 Å². The van der Waals surface area contributed by atoms with Crippen LogP contribution in [0.5, 0.6) is 0 Å². The fourth-order valence-electron chi connectivity index (χ4n) is 2.28. The standard InChI is InChI=1S/C18H14N2O2/c21-17-15-10-4-5-11-16(15)18(22)20(17)13-7-6-12-19-14-8-2-1-3-9-14/h1-5,8-11,19H,12-13H2. The van der Waals surface area contributed by atoms with Crippen molar-refractivity contribution in [2.24, 2.45) is 0 Å². The molecule has 1 N–H and O–H groups in total. The summed E-state index contributed by atoms with van der Waals surface area (Å²) in [7, 11) is 0. The molecule has 3 rings (SSSR count). The first-order chi connectivity index (χ1) is 10.8. The van der Waals surface area contributed by atoms with Crippen LogP contribution < -0.4 is 5.32 Å². The summed E-state index contributed by atoms with van der Waals surface area (Å²) in [5.41, 5.74) is 1.89. The molecule has 0 atom stereocenters. The van der Waals surface area contributed by atoms with Crippen LogP contribution in [0.4, 0.5) is 5.69 Å². The Morgan fingerprint density at radius 1 is 0.818 bits per heavy atom. The molecule has 1 aliphatic rings. The van der Waals surface area contributed by atoms with Gasteiger partial charge in [-0.05, 0) is 24.3 Å². The van der Waals surface area contributed by atoms with Crippen molar-refractivity contribution in [3.05, 3.63) is 65.7 Å². The molecule has 1 heterocycles. The Bertz CT molecular complexity index is 737. The fraction of sp³-hybridized carbons (Fsp3) is 0.111. The summed E-state index contributed by atoms with van der Waals surface area (Å²) >= 11 is 0. The fourth-order valence-corrected chi connectivity index (χ4v) is 2.28. The van der Waals surface area contributed by atoms with E-state index in [4.69, 9.17) is 0 Å². The highest BCUT2D eigenvalue weighted by molar-refractivity contribution is 6.21. The molecule has 0 bridgehead atoms. The Hall–Kier alpha value is -3.06. The number of para-hydroxylation sites is 1. The van der Waals surface area contributed by atoms with Gasteiger partial charge in [-0.25, -0.2) is 0 Å². The maximum atomic E-state index is 12.1. The molecule has 4 nitrogen and oxygen atoms in total. The summed E-state index contributed by atoms with van der Waals surface area (Å²) in [4.78, 5) is 25.4. The Labute approximate surface area is 128 Å². The average molecular weight is 290 g/mol. The van der Waals surface area contributed by atoms with E-state index in [-0.39, 0.29) is 18.4 Å². The van der Waals surface area contributed by atoms with Gasteiger partial charge in [-0.15, -0.1) is 0 Å². The minimum absolute atomic E-state index is 0.114. The molecule has 0 saturated carbocycles. The van der Waals surface area contributed by atoms with Gasteiger partial charge in [0, 0.05) is 5.69 Å². The van der Waals surface area contributed by atoms with Crippen molar-refractivity contribution in [1.29, 1.82) is 0 Å². The van der Waals surface area contributed by atoms with Crippen molar-refractivity contribution in [3.63, 3.8) is 0 Å². The maximum absolute atomic E-state index is 12.1. The lowest BCUT2D eigenvalue weighted by atomic mass is 10.1. The van der Waals surface area contributed by atoms with Gasteiger partial charge in [0.15, 0.2) is 0 Å². The number of nitrogens with zero attached hydrogens (tertiary/aromatic N) is 1. The largest absolute Gasteiger partial charge is 0.374 e. The van der Waals surface area contributed by atoms with Gasteiger partial charge in [0.05, 0.1) is 24.2 Å². The van der Waals surface area contributed by atoms with Gasteiger partial charge in [-0.1, -0.05) is 42.2 Å². The molecule has 0 unspecified atom stereocenters. The second-order valence-electron chi connectivity index (χ2n) is 4.82. The van der Waals surface area contributed by atoms with Crippen LogP contribution in [-0.4, -0.2) is 29.8 Å². The molecule has 2 aromatic rings. The van der Waals surface area contributed by atoms with Gasteiger partial charge >= 0.3 is 0 Å². The van der Waals surface area contributed by atoms with Crippen molar-refractivity contribution in [1.82, 2.24) is 4.90 Å². The number of amides is 2. The molecular formula is C18H14N2O2. The lowest BCUT2D eigenvalue weighted by Gasteiger charge is -2.08. The van der Waals surface area contributed by atoms with E-state index in [0.717, 1.165) is 5.69 Å². The second-order valence-corrected chi connectivity index (χ2v) is 4.82. The average Bonchev–Trinajstić information content (AvgIpc) is 2.81. The van der Waals surface area contributed by atoms with Crippen molar-refractivity contribution >= 4 is 17.5 Å². The minimum atomic E-state index is -0.272. The molecule has 0 radical (unpaired) electrons. The minimum Gasteiger partial charge on any atom is -0.374 e. The van der Waals surface area contributed by atoms with Crippen molar-refractivity contribution in [2.45, 2.75) is 0 Å². The van der Waals surface area contributed by atoms with Crippen LogP contribution in [0.15, 0.2) is 54.6 Å². The number of anilines is 1. The first kappa shape index (κ1) is 13.9. The van der Waals surface area contributed by atoms with Crippen LogP contribution in [0.25, 0.3) is 0 Å². The van der Waals surface area contributed by atoms with Gasteiger partial charge in [-0.2, -0.15) is 0 Å². The summed E-state index contributed by atoms with van der Waals surface area (Å²) in [6.45, 7) is 0.579. The summed E-state index contributed by atoms with van der Waals surface area (Å²) < 4.78 is 0. The number of rotatable bonds is 3. The van der Waals surface area contributed by atoms with Crippen LogP contribution >= 0.6 is 0 Å². The lowest BCUT2D eigenvalue weighted by Crippen LogP contribution is -2.30. The number of carbonyl (C=O) groups excluding carboxylic acids is 2. The third-order valence-electron chi connectivity index (χ3n) is 3.40. The summed E-state index contributed by atoms with van der Waals surface area (Å²) in [6.07, 6.45) is 0. The molecule has 1 aliphatic heterocycles. The Balaban J connectivity index is 1.58. The molecule has 22 heavy (non-hydrogen) atoms. The van der Waals surface area contributed by atoms with Crippen LogP contribution in [0.3, 0.4) is 0 Å². The predicted octanol–water partition coefficient (Wildman–Crippen LogP) is 2.40. The van der Waals surface area contributed by atoms with E-state index in [9.17, 15) is 9.59 Å². The van der Waals surface area contributed by atoms with E-state index >= 15 is 0 Å². The molecular weight excluding hydrogens is 276 g/mol. The van der Waals surface area contributed by atoms with Gasteiger partial charge in [0.25, 0.3) is 11.8 Å². The van der Waals surface area contributed by atoms with Crippen molar-refractivity contribution < 1.29 is 9.59 Å². The van der Waals surface area contributed by atoms with Crippen LogP contribution in [-0.2, 0) is 0 Å². The zero-order valence-electron chi connectivity index (χ0n) is 11.9.